The fraction of sp³-hybridized carbons (Fsp3) is 0.182. The summed E-state index contributed by atoms with van der Waals surface area (Å²) >= 11 is 13.6. The number of thioether (sulfide) groups is 1. The minimum Gasteiger partial charge on any atom is -0.351 e. The standard InChI is InChI=1S/C22H20Cl2N4O2S/c23-17-10-5-4-7-15(17)14-31-22-26-13-18(24)20(28-22)21(30)25-12-6-11-19(29)27-16-8-2-1-3-9-16/h1-5,7-10,13H,6,11-12,14H2,(H,25,30)(H,27,29). The highest BCUT2D eigenvalue weighted by molar-refractivity contribution is 7.98. The number of hydrogen-bond donors (Lipinski definition) is 2. The summed E-state index contributed by atoms with van der Waals surface area (Å²) in [4.78, 5) is 32.9. The van der Waals surface area contributed by atoms with E-state index in [1.807, 2.05) is 54.6 Å². The molecule has 1 heterocycles. The van der Waals surface area contributed by atoms with Crippen molar-refractivity contribution in [2.24, 2.45) is 0 Å². The first-order chi connectivity index (χ1) is 15.0. The van der Waals surface area contributed by atoms with E-state index in [0.29, 0.717) is 28.9 Å². The van der Waals surface area contributed by atoms with E-state index >= 15 is 0 Å². The number of aromatic nitrogens is 2. The number of carbonyl (C=O) groups excluding carboxylic acids is 2. The summed E-state index contributed by atoms with van der Waals surface area (Å²) in [5.41, 5.74) is 1.80. The third-order valence-corrected chi connectivity index (χ3v) is 5.73. The van der Waals surface area contributed by atoms with Crippen molar-refractivity contribution in [2.45, 2.75) is 23.8 Å². The Morgan fingerprint density at radius 1 is 0.968 bits per heavy atom. The third-order valence-electron chi connectivity index (χ3n) is 4.18. The number of para-hydroxylation sites is 1. The van der Waals surface area contributed by atoms with Crippen molar-refractivity contribution in [3.8, 4) is 0 Å². The zero-order valence-corrected chi connectivity index (χ0v) is 18.8. The van der Waals surface area contributed by atoms with Crippen molar-refractivity contribution in [1.82, 2.24) is 15.3 Å². The molecule has 160 valence electrons. The summed E-state index contributed by atoms with van der Waals surface area (Å²) in [6, 6.07) is 16.7. The maximum Gasteiger partial charge on any atom is 0.271 e. The van der Waals surface area contributed by atoms with Crippen LogP contribution in [0, 0.1) is 0 Å². The molecule has 6 nitrogen and oxygen atoms in total. The molecule has 0 aliphatic rings. The molecule has 3 aromatic rings. The maximum absolute atomic E-state index is 12.5. The van der Waals surface area contributed by atoms with Gasteiger partial charge in [-0.2, -0.15) is 0 Å². The third kappa shape index (κ3) is 7.24. The molecular formula is C22H20Cl2N4O2S. The molecule has 0 fully saturated rings. The van der Waals surface area contributed by atoms with Crippen LogP contribution in [0.3, 0.4) is 0 Å². The number of nitrogens with zero attached hydrogens (tertiary/aromatic N) is 2. The van der Waals surface area contributed by atoms with Crippen molar-refractivity contribution >= 4 is 52.5 Å². The van der Waals surface area contributed by atoms with E-state index in [9.17, 15) is 9.59 Å². The lowest BCUT2D eigenvalue weighted by Crippen LogP contribution is -2.27. The SMILES string of the molecule is O=C(CCCNC(=O)c1nc(SCc2ccccc2Cl)ncc1Cl)Nc1ccccc1. The number of rotatable bonds is 9. The molecular weight excluding hydrogens is 455 g/mol. The van der Waals surface area contributed by atoms with Crippen LogP contribution in [0.15, 0.2) is 66.0 Å². The first kappa shape index (κ1) is 23.1. The molecule has 0 saturated heterocycles. The molecule has 0 radical (unpaired) electrons. The van der Waals surface area contributed by atoms with Crippen LogP contribution < -0.4 is 10.6 Å². The van der Waals surface area contributed by atoms with E-state index in [0.717, 1.165) is 11.3 Å². The molecule has 0 unspecified atom stereocenters. The van der Waals surface area contributed by atoms with E-state index < -0.39 is 5.91 Å². The summed E-state index contributed by atoms with van der Waals surface area (Å²) in [6.07, 6.45) is 2.18. The average Bonchev–Trinajstić information content (AvgIpc) is 2.77. The molecule has 9 heteroatoms. The summed E-state index contributed by atoms with van der Waals surface area (Å²) in [7, 11) is 0. The molecule has 31 heavy (non-hydrogen) atoms. The number of hydrogen-bond acceptors (Lipinski definition) is 5. The molecule has 0 bridgehead atoms. The summed E-state index contributed by atoms with van der Waals surface area (Å²) in [5.74, 6) is 0.0491. The molecule has 2 amide bonds. The Balaban J connectivity index is 1.47. The highest BCUT2D eigenvalue weighted by Gasteiger charge is 2.15. The van der Waals surface area contributed by atoms with Crippen LogP contribution in [0.25, 0.3) is 0 Å². The van der Waals surface area contributed by atoms with Gasteiger partial charge < -0.3 is 10.6 Å². The van der Waals surface area contributed by atoms with Crippen molar-refractivity contribution in [3.05, 3.63) is 82.1 Å². The van der Waals surface area contributed by atoms with Crippen LogP contribution in [-0.4, -0.2) is 28.3 Å². The molecule has 0 aliphatic carbocycles. The lowest BCUT2D eigenvalue weighted by Gasteiger charge is -2.08. The van der Waals surface area contributed by atoms with Gasteiger partial charge >= 0.3 is 0 Å². The highest BCUT2D eigenvalue weighted by Crippen LogP contribution is 2.25. The summed E-state index contributed by atoms with van der Waals surface area (Å²) < 4.78 is 0. The minimum atomic E-state index is -0.407. The lowest BCUT2D eigenvalue weighted by atomic mass is 10.2. The second-order valence-electron chi connectivity index (χ2n) is 6.50. The molecule has 0 saturated carbocycles. The van der Waals surface area contributed by atoms with Gasteiger partial charge in [0.1, 0.15) is 0 Å². The lowest BCUT2D eigenvalue weighted by molar-refractivity contribution is -0.116. The Morgan fingerprint density at radius 3 is 2.48 bits per heavy atom. The monoisotopic (exact) mass is 474 g/mol. The van der Waals surface area contributed by atoms with Gasteiger partial charge in [-0.05, 0) is 30.2 Å². The number of benzene rings is 2. The first-order valence-corrected chi connectivity index (χ1v) is 11.3. The predicted molar refractivity (Wildman–Crippen MR) is 125 cm³/mol. The Labute approximate surface area is 194 Å². The van der Waals surface area contributed by atoms with Crippen molar-refractivity contribution < 1.29 is 9.59 Å². The highest BCUT2D eigenvalue weighted by atomic mass is 35.5. The fourth-order valence-corrected chi connectivity index (χ4v) is 3.90. The van der Waals surface area contributed by atoms with Gasteiger partial charge in [0, 0.05) is 29.4 Å². The molecule has 0 atom stereocenters. The number of anilines is 1. The Hall–Kier alpha value is -2.61. The quantitative estimate of drug-likeness (QED) is 0.252. The molecule has 2 aromatic carbocycles. The molecule has 2 N–H and O–H groups in total. The van der Waals surface area contributed by atoms with Crippen molar-refractivity contribution in [2.75, 3.05) is 11.9 Å². The Morgan fingerprint density at radius 2 is 1.71 bits per heavy atom. The van der Waals surface area contributed by atoms with Gasteiger partial charge in [0.05, 0.1) is 11.2 Å². The smallest absolute Gasteiger partial charge is 0.271 e. The Bertz CT molecular complexity index is 1050. The van der Waals surface area contributed by atoms with E-state index in [-0.39, 0.29) is 23.0 Å². The minimum absolute atomic E-state index is 0.104. The van der Waals surface area contributed by atoms with E-state index in [1.54, 1.807) is 0 Å². The van der Waals surface area contributed by atoms with Crippen molar-refractivity contribution in [3.63, 3.8) is 0 Å². The predicted octanol–water partition coefficient (Wildman–Crippen LogP) is 5.22. The van der Waals surface area contributed by atoms with Crippen LogP contribution in [0.1, 0.15) is 28.9 Å². The van der Waals surface area contributed by atoms with Crippen molar-refractivity contribution in [1.29, 1.82) is 0 Å². The number of carbonyl (C=O) groups is 2. The number of amides is 2. The van der Waals surface area contributed by atoms with Gasteiger partial charge in [-0.25, -0.2) is 9.97 Å². The fourth-order valence-electron chi connectivity index (χ4n) is 2.62. The second kappa shape index (κ2) is 11.7. The van der Waals surface area contributed by atoms with Gasteiger partial charge in [0.2, 0.25) is 5.91 Å². The summed E-state index contributed by atoms with van der Waals surface area (Å²) in [6.45, 7) is 0.323. The zero-order chi connectivity index (χ0) is 22.1. The van der Waals surface area contributed by atoms with Gasteiger partial charge in [0.25, 0.3) is 5.91 Å². The normalized spacial score (nSPS) is 10.5. The molecule has 3 rings (SSSR count). The van der Waals surface area contributed by atoms with Gasteiger partial charge in [-0.1, -0.05) is 71.4 Å². The topological polar surface area (TPSA) is 84.0 Å². The van der Waals surface area contributed by atoms with Crippen LogP contribution in [-0.2, 0) is 10.5 Å². The van der Waals surface area contributed by atoms with Crippen LogP contribution in [0.2, 0.25) is 10.0 Å². The van der Waals surface area contributed by atoms with E-state index in [2.05, 4.69) is 20.6 Å². The van der Waals surface area contributed by atoms with Gasteiger partial charge in [-0.3, -0.25) is 9.59 Å². The summed E-state index contributed by atoms with van der Waals surface area (Å²) in [5, 5.41) is 6.81. The molecule has 1 aromatic heterocycles. The first-order valence-electron chi connectivity index (χ1n) is 9.55. The van der Waals surface area contributed by atoms with E-state index in [1.165, 1.54) is 18.0 Å². The number of nitrogens with one attached hydrogen (secondary N) is 2. The second-order valence-corrected chi connectivity index (χ2v) is 8.26. The van der Waals surface area contributed by atoms with Crippen LogP contribution in [0.4, 0.5) is 5.69 Å². The Kier molecular flexibility index (Phi) is 8.70. The average molecular weight is 475 g/mol. The largest absolute Gasteiger partial charge is 0.351 e. The van der Waals surface area contributed by atoms with E-state index in [4.69, 9.17) is 23.2 Å². The maximum atomic E-state index is 12.5. The van der Waals surface area contributed by atoms with Crippen LogP contribution >= 0.6 is 35.0 Å². The zero-order valence-electron chi connectivity index (χ0n) is 16.5. The molecule has 0 spiro atoms. The van der Waals surface area contributed by atoms with Gasteiger partial charge in [0.15, 0.2) is 10.9 Å². The molecule has 0 aliphatic heterocycles. The van der Waals surface area contributed by atoms with Gasteiger partial charge in [-0.15, -0.1) is 0 Å². The number of halogens is 2. The van der Waals surface area contributed by atoms with Crippen LogP contribution in [0.5, 0.6) is 0 Å².